The Morgan fingerprint density at radius 3 is 2.82 bits per heavy atom. The Balaban J connectivity index is 1.78. The first-order chi connectivity index (χ1) is 10.6. The second kappa shape index (κ2) is 5.81. The van der Waals surface area contributed by atoms with E-state index in [1.54, 1.807) is 23.1 Å². The van der Waals surface area contributed by atoms with Crippen LogP contribution in [0.5, 0.6) is 0 Å². The lowest BCUT2D eigenvalue weighted by molar-refractivity contribution is -0.384. The number of non-ortho nitro benzene ring substituents is 1. The predicted molar refractivity (Wildman–Crippen MR) is 84.6 cm³/mol. The van der Waals surface area contributed by atoms with Crippen molar-refractivity contribution in [3.8, 4) is 0 Å². The summed E-state index contributed by atoms with van der Waals surface area (Å²) in [4.78, 5) is 24.3. The van der Waals surface area contributed by atoms with Crippen LogP contribution in [0.15, 0.2) is 54.6 Å². The van der Waals surface area contributed by atoms with Crippen LogP contribution in [0.25, 0.3) is 6.08 Å². The highest BCUT2D eigenvalue weighted by Gasteiger charge is 2.22. The van der Waals surface area contributed by atoms with E-state index in [9.17, 15) is 14.9 Å². The molecular weight excluding hydrogens is 280 g/mol. The van der Waals surface area contributed by atoms with Crippen molar-refractivity contribution in [1.29, 1.82) is 0 Å². The lowest BCUT2D eigenvalue weighted by atomic mass is 10.2. The van der Waals surface area contributed by atoms with Crippen LogP contribution in [0.2, 0.25) is 0 Å². The number of benzene rings is 2. The largest absolute Gasteiger partial charge is 0.308 e. The molecule has 2 aromatic rings. The third-order valence-electron chi connectivity index (χ3n) is 3.65. The van der Waals surface area contributed by atoms with Crippen molar-refractivity contribution in [2.45, 2.75) is 6.42 Å². The first-order valence-electron chi connectivity index (χ1n) is 6.97. The molecule has 0 fully saturated rings. The van der Waals surface area contributed by atoms with Crippen molar-refractivity contribution in [2.24, 2.45) is 0 Å². The van der Waals surface area contributed by atoms with E-state index in [0.717, 1.165) is 12.1 Å². The molecule has 0 saturated carbocycles. The van der Waals surface area contributed by atoms with Crippen molar-refractivity contribution in [3.05, 3.63) is 75.8 Å². The molecule has 5 heteroatoms. The summed E-state index contributed by atoms with van der Waals surface area (Å²) in [5.41, 5.74) is 2.76. The highest BCUT2D eigenvalue weighted by Crippen LogP contribution is 2.27. The fourth-order valence-electron chi connectivity index (χ4n) is 2.57. The van der Waals surface area contributed by atoms with E-state index >= 15 is 0 Å². The monoisotopic (exact) mass is 294 g/mol. The topological polar surface area (TPSA) is 63.4 Å². The Bertz CT molecular complexity index is 768. The van der Waals surface area contributed by atoms with Crippen LogP contribution in [0.1, 0.15) is 11.1 Å². The number of para-hydroxylation sites is 1. The van der Waals surface area contributed by atoms with Crippen LogP contribution in [0.4, 0.5) is 11.4 Å². The molecule has 0 bridgehead atoms. The van der Waals surface area contributed by atoms with Gasteiger partial charge in [-0.3, -0.25) is 14.9 Å². The van der Waals surface area contributed by atoms with Crippen molar-refractivity contribution in [2.75, 3.05) is 11.4 Å². The first-order valence-corrected chi connectivity index (χ1v) is 6.97. The van der Waals surface area contributed by atoms with Crippen molar-refractivity contribution < 1.29 is 9.72 Å². The molecule has 0 saturated heterocycles. The number of carbonyl (C=O) groups is 1. The van der Waals surface area contributed by atoms with Gasteiger partial charge >= 0.3 is 0 Å². The molecule has 1 amide bonds. The zero-order valence-corrected chi connectivity index (χ0v) is 11.8. The zero-order chi connectivity index (χ0) is 15.5. The van der Waals surface area contributed by atoms with Gasteiger partial charge in [0.2, 0.25) is 0 Å². The summed E-state index contributed by atoms with van der Waals surface area (Å²) in [6.07, 6.45) is 3.92. The van der Waals surface area contributed by atoms with E-state index in [4.69, 9.17) is 0 Å². The van der Waals surface area contributed by atoms with Crippen molar-refractivity contribution >= 4 is 23.4 Å². The highest BCUT2D eigenvalue weighted by atomic mass is 16.6. The number of hydrogen-bond donors (Lipinski definition) is 0. The van der Waals surface area contributed by atoms with Crippen LogP contribution >= 0.6 is 0 Å². The molecule has 1 heterocycles. The molecule has 0 aromatic heterocycles. The molecule has 0 atom stereocenters. The van der Waals surface area contributed by atoms with Gasteiger partial charge in [0.05, 0.1) is 4.92 Å². The van der Waals surface area contributed by atoms with Gasteiger partial charge < -0.3 is 4.90 Å². The fourth-order valence-corrected chi connectivity index (χ4v) is 2.57. The smallest absolute Gasteiger partial charge is 0.270 e. The molecule has 5 nitrogen and oxygen atoms in total. The van der Waals surface area contributed by atoms with Gasteiger partial charge in [0, 0.05) is 30.4 Å². The summed E-state index contributed by atoms with van der Waals surface area (Å²) in [6.45, 7) is 0.664. The number of hydrogen-bond acceptors (Lipinski definition) is 3. The van der Waals surface area contributed by atoms with Gasteiger partial charge in [-0.15, -0.1) is 0 Å². The molecule has 110 valence electrons. The van der Waals surface area contributed by atoms with Gasteiger partial charge in [0.15, 0.2) is 0 Å². The molecule has 0 unspecified atom stereocenters. The molecule has 1 aliphatic heterocycles. The molecule has 22 heavy (non-hydrogen) atoms. The highest BCUT2D eigenvalue weighted by molar-refractivity contribution is 6.05. The number of carbonyl (C=O) groups excluding carboxylic acids is 1. The van der Waals surface area contributed by atoms with E-state index < -0.39 is 4.92 Å². The van der Waals surface area contributed by atoms with Crippen LogP contribution in [-0.2, 0) is 11.2 Å². The van der Waals surface area contributed by atoms with Crippen LogP contribution in [0, 0.1) is 10.1 Å². The number of nitro groups is 1. The van der Waals surface area contributed by atoms with Gasteiger partial charge in [0.25, 0.3) is 11.6 Å². The molecule has 0 N–H and O–H groups in total. The maximum Gasteiger partial charge on any atom is 0.270 e. The fraction of sp³-hybridized carbons (Fsp3) is 0.118. The summed E-state index contributed by atoms with van der Waals surface area (Å²) in [6, 6.07) is 14.0. The minimum absolute atomic E-state index is 0.0149. The Morgan fingerprint density at radius 1 is 1.18 bits per heavy atom. The van der Waals surface area contributed by atoms with Crippen molar-refractivity contribution in [3.63, 3.8) is 0 Å². The lowest BCUT2D eigenvalue weighted by Crippen LogP contribution is -2.26. The molecule has 0 aliphatic carbocycles. The Hall–Kier alpha value is -2.95. The molecule has 0 radical (unpaired) electrons. The van der Waals surface area contributed by atoms with Gasteiger partial charge in [-0.05, 0) is 29.7 Å². The lowest BCUT2D eigenvalue weighted by Gasteiger charge is -2.14. The molecule has 2 aromatic carbocycles. The van der Waals surface area contributed by atoms with E-state index in [-0.39, 0.29) is 11.6 Å². The van der Waals surface area contributed by atoms with Crippen LogP contribution < -0.4 is 4.90 Å². The van der Waals surface area contributed by atoms with E-state index in [1.165, 1.54) is 23.8 Å². The predicted octanol–water partition coefficient (Wildman–Crippen LogP) is 3.20. The average molecular weight is 294 g/mol. The third-order valence-corrected chi connectivity index (χ3v) is 3.65. The molecule has 3 rings (SSSR count). The van der Waals surface area contributed by atoms with E-state index in [2.05, 4.69) is 0 Å². The number of anilines is 1. The maximum absolute atomic E-state index is 12.3. The van der Waals surface area contributed by atoms with E-state index in [1.807, 2.05) is 24.3 Å². The Kier molecular flexibility index (Phi) is 3.70. The number of rotatable bonds is 3. The van der Waals surface area contributed by atoms with Crippen LogP contribution in [0.3, 0.4) is 0 Å². The molecule has 0 spiro atoms. The quantitative estimate of drug-likeness (QED) is 0.496. The SMILES string of the molecule is O=C(C=Cc1cccc([N+](=O)[O-])c1)N1CCc2ccccc21. The Labute approximate surface area is 127 Å². The van der Waals surface area contributed by atoms with Crippen LogP contribution in [-0.4, -0.2) is 17.4 Å². The summed E-state index contributed by atoms with van der Waals surface area (Å²) < 4.78 is 0. The number of fused-ring (bicyclic) bond motifs is 1. The second-order valence-corrected chi connectivity index (χ2v) is 5.05. The molecular formula is C17H14N2O3. The summed E-state index contributed by atoms with van der Waals surface area (Å²) >= 11 is 0. The number of nitrogens with zero attached hydrogens (tertiary/aromatic N) is 2. The number of nitro benzene ring substituents is 1. The van der Waals surface area contributed by atoms with Gasteiger partial charge in [-0.1, -0.05) is 30.3 Å². The standard InChI is InChI=1S/C17H14N2O3/c20-17(18-11-10-14-5-1-2-7-16(14)18)9-8-13-4-3-6-15(12-13)19(21)22/h1-9,12H,10-11H2. The first kappa shape index (κ1) is 14.0. The van der Waals surface area contributed by atoms with Gasteiger partial charge in [-0.25, -0.2) is 0 Å². The summed E-state index contributed by atoms with van der Waals surface area (Å²) in [7, 11) is 0. The minimum Gasteiger partial charge on any atom is -0.308 e. The Morgan fingerprint density at radius 2 is 2.00 bits per heavy atom. The second-order valence-electron chi connectivity index (χ2n) is 5.05. The normalized spacial score (nSPS) is 13.4. The third kappa shape index (κ3) is 2.74. The summed E-state index contributed by atoms with van der Waals surface area (Å²) in [5, 5.41) is 10.7. The van der Waals surface area contributed by atoms with E-state index in [0.29, 0.717) is 12.1 Å². The molecule has 1 aliphatic rings. The minimum atomic E-state index is -0.449. The van der Waals surface area contributed by atoms with Gasteiger partial charge in [0.1, 0.15) is 0 Å². The van der Waals surface area contributed by atoms with Gasteiger partial charge in [-0.2, -0.15) is 0 Å². The average Bonchev–Trinajstić information content (AvgIpc) is 2.97. The number of amides is 1. The summed E-state index contributed by atoms with van der Waals surface area (Å²) in [5.74, 6) is -0.114. The van der Waals surface area contributed by atoms with Crippen molar-refractivity contribution in [1.82, 2.24) is 0 Å². The zero-order valence-electron chi connectivity index (χ0n) is 11.8. The maximum atomic E-state index is 12.3.